The lowest BCUT2D eigenvalue weighted by atomic mass is 10.2. The fourth-order valence-corrected chi connectivity index (χ4v) is 2.15. The summed E-state index contributed by atoms with van der Waals surface area (Å²) in [6.07, 6.45) is 6.34. The number of aromatic nitrogens is 1. The zero-order valence-corrected chi connectivity index (χ0v) is 11.7. The van der Waals surface area contributed by atoms with Gasteiger partial charge in [0.15, 0.2) is 0 Å². The number of anilines is 1. The summed E-state index contributed by atoms with van der Waals surface area (Å²) < 4.78 is 1.03. The Morgan fingerprint density at radius 3 is 3.06 bits per heavy atom. The molecule has 0 aliphatic heterocycles. The van der Waals surface area contributed by atoms with E-state index in [0.717, 1.165) is 23.4 Å². The molecule has 0 saturated heterocycles. The van der Waals surface area contributed by atoms with Crippen LogP contribution in [0.4, 0.5) is 5.82 Å². The number of nitrogens with zero attached hydrogens (tertiary/aromatic N) is 2. The molecule has 0 bridgehead atoms. The van der Waals surface area contributed by atoms with E-state index in [0.29, 0.717) is 6.04 Å². The molecule has 0 unspecified atom stereocenters. The van der Waals surface area contributed by atoms with Gasteiger partial charge in [-0.3, -0.25) is 0 Å². The van der Waals surface area contributed by atoms with Crippen LogP contribution in [0.15, 0.2) is 29.4 Å². The highest BCUT2D eigenvalue weighted by Gasteiger charge is 2.21. The summed E-state index contributed by atoms with van der Waals surface area (Å²) in [5, 5.41) is 3.52. The summed E-state index contributed by atoms with van der Waals surface area (Å²) in [6, 6.07) is 2.85. The molecule has 0 radical (unpaired) electrons. The van der Waals surface area contributed by atoms with Crippen molar-refractivity contribution < 1.29 is 0 Å². The van der Waals surface area contributed by atoms with E-state index >= 15 is 0 Å². The smallest absolute Gasteiger partial charge is 0.133 e. The van der Waals surface area contributed by atoms with Crippen molar-refractivity contribution in [2.75, 3.05) is 18.5 Å². The second kappa shape index (κ2) is 5.65. The predicted molar refractivity (Wildman–Crippen MR) is 75.3 cm³/mol. The number of pyridine rings is 1. The molecule has 0 atom stereocenters. The molecule has 4 heteroatoms. The van der Waals surface area contributed by atoms with Crippen molar-refractivity contribution in [1.29, 1.82) is 0 Å². The summed E-state index contributed by atoms with van der Waals surface area (Å²) >= 11 is 3.48. The van der Waals surface area contributed by atoms with Gasteiger partial charge in [-0.25, -0.2) is 4.98 Å². The minimum atomic E-state index is 0.714. The molecule has 1 aliphatic carbocycles. The Bertz CT molecular complexity index is 402. The number of likely N-dealkylation sites (N-methyl/N-ethyl adjacent to an activating group) is 1. The van der Waals surface area contributed by atoms with Crippen LogP contribution in [0.3, 0.4) is 0 Å². The standard InChI is InChI=1S/C13H18BrN3/c1-3-6-17(2)13-10(7-11(14)9-16-13)8-15-12-4-5-12/h3,7,9,12,15H,1,4-6,8H2,2H3. The van der Waals surface area contributed by atoms with E-state index in [2.05, 4.69) is 43.8 Å². The van der Waals surface area contributed by atoms with Crippen LogP contribution in [0.25, 0.3) is 0 Å². The minimum Gasteiger partial charge on any atom is -0.356 e. The minimum absolute atomic E-state index is 0.714. The number of nitrogens with one attached hydrogen (secondary N) is 1. The first-order valence-corrected chi connectivity index (χ1v) is 6.70. The van der Waals surface area contributed by atoms with Crippen molar-refractivity contribution in [2.45, 2.75) is 25.4 Å². The van der Waals surface area contributed by atoms with E-state index in [4.69, 9.17) is 0 Å². The molecule has 92 valence electrons. The SMILES string of the molecule is C=CCN(C)c1ncc(Br)cc1CNC1CC1. The van der Waals surface area contributed by atoms with Crippen LogP contribution in [0, 0.1) is 0 Å². The third kappa shape index (κ3) is 3.54. The van der Waals surface area contributed by atoms with Gasteiger partial charge in [0.25, 0.3) is 0 Å². The largest absolute Gasteiger partial charge is 0.356 e. The molecule has 3 nitrogen and oxygen atoms in total. The van der Waals surface area contributed by atoms with E-state index in [-0.39, 0.29) is 0 Å². The summed E-state index contributed by atoms with van der Waals surface area (Å²) in [5.41, 5.74) is 1.23. The van der Waals surface area contributed by atoms with E-state index in [9.17, 15) is 0 Å². The molecule has 1 aliphatic rings. The molecule has 0 amide bonds. The summed E-state index contributed by atoms with van der Waals surface area (Å²) in [6.45, 7) is 5.46. The van der Waals surface area contributed by atoms with Crippen molar-refractivity contribution in [3.8, 4) is 0 Å². The maximum Gasteiger partial charge on any atom is 0.133 e. The van der Waals surface area contributed by atoms with Gasteiger partial charge in [-0.2, -0.15) is 0 Å². The quantitative estimate of drug-likeness (QED) is 0.818. The number of hydrogen-bond donors (Lipinski definition) is 1. The molecule has 17 heavy (non-hydrogen) atoms. The van der Waals surface area contributed by atoms with Crippen LogP contribution in [0.2, 0.25) is 0 Å². The summed E-state index contributed by atoms with van der Waals surface area (Å²) in [4.78, 5) is 6.60. The fourth-order valence-electron chi connectivity index (χ4n) is 1.77. The third-order valence-electron chi connectivity index (χ3n) is 2.83. The first-order valence-electron chi connectivity index (χ1n) is 5.90. The highest BCUT2D eigenvalue weighted by Crippen LogP contribution is 2.23. The normalized spacial score (nSPS) is 14.7. The molecule has 2 rings (SSSR count). The highest BCUT2D eigenvalue weighted by molar-refractivity contribution is 9.10. The summed E-state index contributed by atoms with van der Waals surface area (Å²) in [5.74, 6) is 1.03. The molecule has 1 aromatic heterocycles. The van der Waals surface area contributed by atoms with Gasteiger partial charge in [0.1, 0.15) is 5.82 Å². The van der Waals surface area contributed by atoms with Gasteiger partial charge in [-0.15, -0.1) is 6.58 Å². The topological polar surface area (TPSA) is 28.2 Å². The van der Waals surface area contributed by atoms with Gasteiger partial charge in [-0.05, 0) is 34.8 Å². The van der Waals surface area contributed by atoms with E-state index < -0.39 is 0 Å². The second-order valence-corrected chi connectivity index (χ2v) is 5.38. The Morgan fingerprint density at radius 2 is 2.41 bits per heavy atom. The lowest BCUT2D eigenvalue weighted by Gasteiger charge is -2.20. The van der Waals surface area contributed by atoms with E-state index in [1.807, 2.05) is 19.3 Å². The van der Waals surface area contributed by atoms with Crippen molar-refractivity contribution in [1.82, 2.24) is 10.3 Å². The highest BCUT2D eigenvalue weighted by atomic mass is 79.9. The lowest BCUT2D eigenvalue weighted by molar-refractivity contribution is 0.684. The Morgan fingerprint density at radius 1 is 1.65 bits per heavy atom. The molecular weight excluding hydrogens is 278 g/mol. The van der Waals surface area contributed by atoms with Crippen LogP contribution >= 0.6 is 15.9 Å². The van der Waals surface area contributed by atoms with Gasteiger partial charge in [-0.1, -0.05) is 6.08 Å². The molecule has 1 heterocycles. The van der Waals surface area contributed by atoms with E-state index in [1.54, 1.807) is 0 Å². The van der Waals surface area contributed by atoms with Gasteiger partial charge in [0, 0.05) is 42.4 Å². The molecular formula is C13H18BrN3. The zero-order chi connectivity index (χ0) is 12.3. The molecule has 1 aromatic rings. The maximum atomic E-state index is 4.49. The van der Waals surface area contributed by atoms with Crippen LogP contribution < -0.4 is 10.2 Å². The molecule has 0 aromatic carbocycles. The van der Waals surface area contributed by atoms with Gasteiger partial charge in [0.05, 0.1) is 0 Å². The van der Waals surface area contributed by atoms with Gasteiger partial charge >= 0.3 is 0 Å². The van der Waals surface area contributed by atoms with Crippen LogP contribution in [0.1, 0.15) is 18.4 Å². The van der Waals surface area contributed by atoms with E-state index in [1.165, 1.54) is 18.4 Å². The third-order valence-corrected chi connectivity index (χ3v) is 3.27. The van der Waals surface area contributed by atoms with Crippen molar-refractivity contribution in [2.24, 2.45) is 0 Å². The molecule has 0 spiro atoms. The van der Waals surface area contributed by atoms with Crippen molar-refractivity contribution in [3.63, 3.8) is 0 Å². The summed E-state index contributed by atoms with van der Waals surface area (Å²) in [7, 11) is 2.04. The Kier molecular flexibility index (Phi) is 4.18. The lowest BCUT2D eigenvalue weighted by Crippen LogP contribution is -2.23. The molecule has 1 saturated carbocycles. The fraction of sp³-hybridized carbons (Fsp3) is 0.462. The average Bonchev–Trinajstić information content (AvgIpc) is 3.10. The van der Waals surface area contributed by atoms with Gasteiger partial charge < -0.3 is 10.2 Å². The number of rotatable bonds is 6. The first kappa shape index (κ1) is 12.6. The molecule has 1 fully saturated rings. The Labute approximate surface area is 111 Å². The Balaban J connectivity index is 2.13. The Hall–Kier alpha value is -0.870. The van der Waals surface area contributed by atoms with Crippen molar-refractivity contribution >= 4 is 21.7 Å². The van der Waals surface area contributed by atoms with Crippen LogP contribution in [-0.4, -0.2) is 24.6 Å². The van der Waals surface area contributed by atoms with Crippen LogP contribution in [-0.2, 0) is 6.54 Å². The van der Waals surface area contributed by atoms with Crippen molar-refractivity contribution in [3.05, 3.63) is 35.0 Å². The zero-order valence-electron chi connectivity index (χ0n) is 10.1. The average molecular weight is 296 g/mol. The monoisotopic (exact) mass is 295 g/mol. The van der Waals surface area contributed by atoms with Crippen LogP contribution in [0.5, 0.6) is 0 Å². The second-order valence-electron chi connectivity index (χ2n) is 4.46. The molecule has 1 N–H and O–H groups in total. The maximum absolute atomic E-state index is 4.49. The predicted octanol–water partition coefficient (Wildman–Crippen LogP) is 2.72. The van der Waals surface area contributed by atoms with Gasteiger partial charge in [0.2, 0.25) is 0 Å². The number of hydrogen-bond acceptors (Lipinski definition) is 3. The number of halogens is 1. The first-order chi connectivity index (χ1) is 8.20.